The van der Waals surface area contributed by atoms with Crippen molar-refractivity contribution in [2.45, 2.75) is 6.92 Å². The van der Waals surface area contributed by atoms with E-state index in [9.17, 15) is 9.59 Å². The van der Waals surface area contributed by atoms with Crippen LogP contribution in [-0.4, -0.2) is 10.9 Å². The van der Waals surface area contributed by atoms with Crippen LogP contribution in [0.1, 0.15) is 15.9 Å². The summed E-state index contributed by atoms with van der Waals surface area (Å²) in [5.74, 6) is -0.466. The molecule has 0 unspecified atom stereocenters. The van der Waals surface area contributed by atoms with Crippen molar-refractivity contribution >= 4 is 34.1 Å². The Bertz CT molecular complexity index is 931. The molecular weight excluding hydrogens is 300 g/mol. The molecular formula is C17H13ClN2O2. The number of carbonyl (C=O) groups excluding carboxylic acids is 1. The first-order valence-corrected chi connectivity index (χ1v) is 7.12. The Kier molecular flexibility index (Phi) is 3.69. The summed E-state index contributed by atoms with van der Waals surface area (Å²) in [6, 6.07) is 12.3. The SMILES string of the molecule is Cc1ccc(NC(=O)c2c[nH]c3ccccc3c2=O)cc1Cl. The quantitative estimate of drug-likeness (QED) is 0.757. The van der Waals surface area contributed by atoms with Gasteiger partial charge < -0.3 is 10.3 Å². The Labute approximate surface area is 131 Å². The molecule has 5 heteroatoms. The fraction of sp³-hybridized carbons (Fsp3) is 0.0588. The van der Waals surface area contributed by atoms with E-state index in [1.807, 2.05) is 19.1 Å². The van der Waals surface area contributed by atoms with Crippen LogP contribution in [0.2, 0.25) is 5.02 Å². The lowest BCUT2D eigenvalue weighted by molar-refractivity contribution is 0.102. The topological polar surface area (TPSA) is 62.0 Å². The molecule has 110 valence electrons. The average molecular weight is 313 g/mol. The number of hydrogen-bond donors (Lipinski definition) is 2. The molecule has 0 fully saturated rings. The number of fused-ring (bicyclic) bond motifs is 1. The van der Waals surface area contributed by atoms with E-state index >= 15 is 0 Å². The molecule has 0 atom stereocenters. The highest BCUT2D eigenvalue weighted by molar-refractivity contribution is 6.31. The minimum Gasteiger partial charge on any atom is -0.360 e. The molecule has 3 rings (SSSR count). The van der Waals surface area contributed by atoms with Crippen molar-refractivity contribution in [2.24, 2.45) is 0 Å². The highest BCUT2D eigenvalue weighted by Crippen LogP contribution is 2.20. The molecule has 0 spiro atoms. The molecule has 4 nitrogen and oxygen atoms in total. The van der Waals surface area contributed by atoms with Crippen LogP contribution in [0.4, 0.5) is 5.69 Å². The van der Waals surface area contributed by atoms with E-state index in [1.165, 1.54) is 6.20 Å². The van der Waals surface area contributed by atoms with Gasteiger partial charge in [0, 0.05) is 27.8 Å². The summed E-state index contributed by atoms with van der Waals surface area (Å²) in [5.41, 5.74) is 1.93. The lowest BCUT2D eigenvalue weighted by Gasteiger charge is -2.07. The maximum Gasteiger partial charge on any atom is 0.261 e. The van der Waals surface area contributed by atoms with Gasteiger partial charge in [-0.05, 0) is 36.8 Å². The number of anilines is 1. The van der Waals surface area contributed by atoms with Gasteiger partial charge in [-0.1, -0.05) is 29.8 Å². The van der Waals surface area contributed by atoms with E-state index in [0.29, 0.717) is 21.6 Å². The maximum absolute atomic E-state index is 12.4. The average Bonchev–Trinajstić information content (AvgIpc) is 2.51. The molecule has 1 aromatic heterocycles. The van der Waals surface area contributed by atoms with E-state index in [4.69, 9.17) is 11.6 Å². The van der Waals surface area contributed by atoms with Crippen LogP contribution in [0.25, 0.3) is 10.9 Å². The van der Waals surface area contributed by atoms with Crippen LogP contribution in [0.15, 0.2) is 53.5 Å². The summed E-state index contributed by atoms with van der Waals surface area (Å²) >= 11 is 6.03. The number of nitrogens with one attached hydrogen (secondary N) is 2. The van der Waals surface area contributed by atoms with E-state index < -0.39 is 5.91 Å². The summed E-state index contributed by atoms with van der Waals surface area (Å²) in [6.45, 7) is 1.88. The zero-order chi connectivity index (χ0) is 15.7. The van der Waals surface area contributed by atoms with E-state index in [1.54, 1.807) is 30.3 Å². The second-order valence-electron chi connectivity index (χ2n) is 5.00. The number of H-pyrrole nitrogens is 1. The van der Waals surface area contributed by atoms with Crippen LogP contribution >= 0.6 is 11.6 Å². The number of amides is 1. The van der Waals surface area contributed by atoms with Crippen molar-refractivity contribution in [1.29, 1.82) is 0 Å². The highest BCUT2D eigenvalue weighted by atomic mass is 35.5. The summed E-state index contributed by atoms with van der Waals surface area (Å²) in [7, 11) is 0. The van der Waals surface area contributed by atoms with Gasteiger partial charge in [-0.3, -0.25) is 9.59 Å². The van der Waals surface area contributed by atoms with Crippen LogP contribution in [0.3, 0.4) is 0 Å². The third kappa shape index (κ3) is 2.61. The normalized spacial score (nSPS) is 10.6. The smallest absolute Gasteiger partial charge is 0.261 e. The lowest BCUT2D eigenvalue weighted by atomic mass is 10.1. The summed E-state index contributed by atoms with van der Waals surface area (Å²) < 4.78 is 0. The number of aryl methyl sites for hydroxylation is 1. The monoisotopic (exact) mass is 312 g/mol. The van der Waals surface area contributed by atoms with Gasteiger partial charge in [0.1, 0.15) is 5.56 Å². The lowest BCUT2D eigenvalue weighted by Crippen LogP contribution is -2.21. The highest BCUT2D eigenvalue weighted by Gasteiger charge is 2.13. The number of hydrogen-bond acceptors (Lipinski definition) is 2. The minimum absolute atomic E-state index is 0.0652. The van der Waals surface area contributed by atoms with Gasteiger partial charge in [0.25, 0.3) is 5.91 Å². The number of carbonyl (C=O) groups is 1. The number of aromatic amines is 1. The Hall–Kier alpha value is -2.59. The number of aromatic nitrogens is 1. The van der Waals surface area contributed by atoms with Crippen molar-refractivity contribution < 1.29 is 4.79 Å². The van der Waals surface area contributed by atoms with Crippen LogP contribution in [0, 0.1) is 6.92 Å². The number of benzene rings is 2. The largest absolute Gasteiger partial charge is 0.360 e. The second-order valence-corrected chi connectivity index (χ2v) is 5.40. The Morgan fingerprint density at radius 3 is 2.73 bits per heavy atom. The minimum atomic E-state index is -0.466. The molecule has 1 amide bonds. The predicted octanol–water partition coefficient (Wildman–Crippen LogP) is 3.74. The number of pyridine rings is 1. The van der Waals surface area contributed by atoms with Gasteiger partial charge in [0.15, 0.2) is 0 Å². The summed E-state index contributed by atoms with van der Waals surface area (Å²) in [6.07, 6.45) is 1.43. The van der Waals surface area contributed by atoms with Crippen LogP contribution in [0.5, 0.6) is 0 Å². The summed E-state index contributed by atoms with van der Waals surface area (Å²) in [5, 5.41) is 3.73. The van der Waals surface area contributed by atoms with Gasteiger partial charge in [-0.15, -0.1) is 0 Å². The van der Waals surface area contributed by atoms with Gasteiger partial charge >= 0.3 is 0 Å². The molecule has 2 aromatic carbocycles. The molecule has 22 heavy (non-hydrogen) atoms. The molecule has 0 aliphatic carbocycles. The zero-order valence-electron chi connectivity index (χ0n) is 11.8. The Morgan fingerprint density at radius 1 is 1.18 bits per heavy atom. The Balaban J connectivity index is 1.97. The first-order chi connectivity index (χ1) is 10.6. The fourth-order valence-corrected chi connectivity index (χ4v) is 2.39. The third-order valence-corrected chi connectivity index (χ3v) is 3.87. The van der Waals surface area contributed by atoms with Crippen molar-refractivity contribution in [3.05, 3.63) is 75.0 Å². The molecule has 3 aromatic rings. The van der Waals surface area contributed by atoms with E-state index in [2.05, 4.69) is 10.3 Å². The van der Waals surface area contributed by atoms with E-state index in [0.717, 1.165) is 5.56 Å². The maximum atomic E-state index is 12.4. The first-order valence-electron chi connectivity index (χ1n) is 6.74. The Morgan fingerprint density at radius 2 is 1.95 bits per heavy atom. The summed E-state index contributed by atoms with van der Waals surface area (Å²) in [4.78, 5) is 27.6. The molecule has 0 radical (unpaired) electrons. The van der Waals surface area contributed by atoms with Crippen LogP contribution in [-0.2, 0) is 0 Å². The van der Waals surface area contributed by atoms with Crippen molar-refractivity contribution in [2.75, 3.05) is 5.32 Å². The van der Waals surface area contributed by atoms with Crippen molar-refractivity contribution in [3.8, 4) is 0 Å². The predicted molar refractivity (Wildman–Crippen MR) is 88.7 cm³/mol. The van der Waals surface area contributed by atoms with E-state index in [-0.39, 0.29) is 11.0 Å². The molecule has 1 heterocycles. The first kappa shape index (κ1) is 14.4. The van der Waals surface area contributed by atoms with Gasteiger partial charge in [0.2, 0.25) is 5.43 Å². The molecule has 0 aliphatic rings. The van der Waals surface area contributed by atoms with Crippen LogP contribution < -0.4 is 10.7 Å². The molecule has 0 saturated heterocycles. The number of halogens is 1. The number of para-hydroxylation sites is 1. The second kappa shape index (κ2) is 5.66. The fourth-order valence-electron chi connectivity index (χ4n) is 2.21. The standard InChI is InChI=1S/C17H13ClN2O2/c1-10-6-7-11(8-14(10)18)20-17(22)13-9-19-15-5-3-2-4-12(15)16(13)21/h2-9H,1H3,(H,19,21)(H,20,22). The molecule has 0 aliphatic heterocycles. The van der Waals surface area contributed by atoms with Crippen molar-refractivity contribution in [3.63, 3.8) is 0 Å². The molecule has 0 bridgehead atoms. The molecule has 2 N–H and O–H groups in total. The third-order valence-electron chi connectivity index (χ3n) is 3.46. The zero-order valence-corrected chi connectivity index (χ0v) is 12.6. The van der Waals surface area contributed by atoms with Gasteiger partial charge in [-0.2, -0.15) is 0 Å². The van der Waals surface area contributed by atoms with Gasteiger partial charge in [-0.25, -0.2) is 0 Å². The van der Waals surface area contributed by atoms with Crippen molar-refractivity contribution in [1.82, 2.24) is 4.98 Å². The molecule has 0 saturated carbocycles. The van der Waals surface area contributed by atoms with Gasteiger partial charge in [0.05, 0.1) is 0 Å². The number of rotatable bonds is 2.